The zero-order valence-corrected chi connectivity index (χ0v) is 12.1. The number of nitrogens with two attached hydrogens (primary N) is 1. The molecule has 20 heavy (non-hydrogen) atoms. The van der Waals surface area contributed by atoms with Crippen LogP contribution in [-0.4, -0.2) is 6.21 Å². The number of oxime groups is 1. The lowest BCUT2D eigenvalue weighted by Crippen LogP contribution is -2.04. The van der Waals surface area contributed by atoms with Crippen molar-refractivity contribution in [3.05, 3.63) is 23.8 Å². The van der Waals surface area contributed by atoms with Gasteiger partial charge < -0.3 is 9.25 Å². The molecule has 1 aromatic heterocycles. The molecule has 0 bridgehead atoms. The molecule has 0 atom stereocenters. The van der Waals surface area contributed by atoms with Gasteiger partial charge >= 0.3 is 6.01 Å². The van der Waals surface area contributed by atoms with Gasteiger partial charge in [0.15, 0.2) is 11.1 Å². The molecule has 0 saturated heterocycles. The average molecular weight is 276 g/mol. The van der Waals surface area contributed by atoms with E-state index in [2.05, 4.69) is 24.0 Å². The SMILES string of the molecule is CC(C)CCCC=NOCc1ccc2oc(N)[nH+]c2c1. The average Bonchev–Trinajstić information content (AvgIpc) is 2.76. The van der Waals surface area contributed by atoms with Crippen LogP contribution in [0.1, 0.15) is 38.7 Å². The van der Waals surface area contributed by atoms with Gasteiger partial charge in [-0.3, -0.25) is 5.73 Å². The van der Waals surface area contributed by atoms with Crippen molar-refractivity contribution >= 4 is 23.3 Å². The summed E-state index contributed by atoms with van der Waals surface area (Å²) in [6, 6.07) is 6.06. The van der Waals surface area contributed by atoms with E-state index in [1.807, 2.05) is 24.4 Å². The van der Waals surface area contributed by atoms with E-state index in [1.54, 1.807) is 0 Å². The molecule has 0 radical (unpaired) electrons. The van der Waals surface area contributed by atoms with Crippen LogP contribution in [0.15, 0.2) is 27.8 Å². The molecule has 0 aliphatic carbocycles. The van der Waals surface area contributed by atoms with E-state index in [0.717, 1.165) is 35.4 Å². The summed E-state index contributed by atoms with van der Waals surface area (Å²) >= 11 is 0. The van der Waals surface area contributed by atoms with Gasteiger partial charge in [-0.25, -0.2) is 4.98 Å². The van der Waals surface area contributed by atoms with Crippen LogP contribution in [-0.2, 0) is 11.4 Å². The fourth-order valence-corrected chi connectivity index (χ4v) is 1.96. The van der Waals surface area contributed by atoms with Gasteiger partial charge in [-0.2, -0.15) is 0 Å². The molecule has 2 rings (SSSR count). The van der Waals surface area contributed by atoms with Crippen molar-refractivity contribution in [2.45, 2.75) is 39.7 Å². The van der Waals surface area contributed by atoms with E-state index in [-0.39, 0.29) is 0 Å². The Bertz CT molecular complexity index is 576. The van der Waals surface area contributed by atoms with E-state index >= 15 is 0 Å². The Morgan fingerprint density at radius 2 is 2.30 bits per heavy atom. The molecule has 108 valence electrons. The quantitative estimate of drug-likeness (QED) is 0.479. The lowest BCUT2D eigenvalue weighted by molar-refractivity contribution is -0.333. The molecule has 1 aromatic carbocycles. The molecule has 0 saturated carbocycles. The molecule has 5 nitrogen and oxygen atoms in total. The van der Waals surface area contributed by atoms with E-state index in [4.69, 9.17) is 15.0 Å². The van der Waals surface area contributed by atoms with Gasteiger partial charge in [0.2, 0.25) is 0 Å². The molecular weight excluding hydrogens is 254 g/mol. The molecule has 3 N–H and O–H groups in total. The summed E-state index contributed by atoms with van der Waals surface area (Å²) in [4.78, 5) is 8.22. The normalized spacial score (nSPS) is 11.8. The van der Waals surface area contributed by atoms with Crippen LogP contribution in [0.5, 0.6) is 0 Å². The third kappa shape index (κ3) is 4.26. The van der Waals surface area contributed by atoms with Crippen LogP contribution in [0.25, 0.3) is 11.1 Å². The van der Waals surface area contributed by atoms with Crippen molar-refractivity contribution in [3.8, 4) is 0 Å². The number of oxazole rings is 1. The van der Waals surface area contributed by atoms with Crippen molar-refractivity contribution in [1.82, 2.24) is 0 Å². The molecular formula is C15H22N3O2+. The minimum atomic E-state index is 0.307. The van der Waals surface area contributed by atoms with Crippen LogP contribution in [0.2, 0.25) is 0 Å². The summed E-state index contributed by atoms with van der Waals surface area (Å²) in [5.41, 5.74) is 8.18. The molecule has 0 unspecified atom stereocenters. The fraction of sp³-hybridized carbons (Fsp3) is 0.467. The van der Waals surface area contributed by atoms with Gasteiger partial charge in [0.1, 0.15) is 6.61 Å². The molecule has 0 aliphatic heterocycles. The predicted octanol–water partition coefficient (Wildman–Crippen LogP) is 3.16. The third-order valence-electron chi connectivity index (χ3n) is 3.02. The van der Waals surface area contributed by atoms with Gasteiger partial charge in [-0.05, 0) is 36.5 Å². The van der Waals surface area contributed by atoms with Gasteiger partial charge in [-0.15, -0.1) is 0 Å². The zero-order valence-electron chi connectivity index (χ0n) is 12.1. The van der Waals surface area contributed by atoms with Crippen molar-refractivity contribution in [1.29, 1.82) is 0 Å². The lowest BCUT2D eigenvalue weighted by atomic mass is 10.1. The maximum absolute atomic E-state index is 5.55. The van der Waals surface area contributed by atoms with Crippen molar-refractivity contribution in [2.24, 2.45) is 11.1 Å². The predicted molar refractivity (Wildman–Crippen MR) is 79.2 cm³/mol. The first-order chi connectivity index (χ1) is 9.65. The van der Waals surface area contributed by atoms with Gasteiger partial charge in [0.05, 0.1) is 0 Å². The summed E-state index contributed by atoms with van der Waals surface area (Å²) < 4.78 is 5.26. The highest BCUT2D eigenvalue weighted by Crippen LogP contribution is 2.15. The molecule has 2 aromatic rings. The molecule has 1 heterocycles. The largest absolute Gasteiger partial charge is 0.450 e. The Balaban J connectivity index is 1.76. The first kappa shape index (κ1) is 14.4. The van der Waals surface area contributed by atoms with Crippen LogP contribution in [0, 0.1) is 5.92 Å². The molecule has 0 aliphatic rings. The van der Waals surface area contributed by atoms with Crippen LogP contribution >= 0.6 is 0 Å². The minimum absolute atomic E-state index is 0.307. The number of unbranched alkanes of at least 4 members (excludes halogenated alkanes) is 1. The van der Waals surface area contributed by atoms with Crippen molar-refractivity contribution in [3.63, 3.8) is 0 Å². The second-order valence-electron chi connectivity index (χ2n) is 5.31. The first-order valence-corrected chi connectivity index (χ1v) is 6.99. The van der Waals surface area contributed by atoms with Gasteiger partial charge in [-0.1, -0.05) is 31.5 Å². The summed E-state index contributed by atoms with van der Waals surface area (Å²) in [6.07, 6.45) is 5.17. The van der Waals surface area contributed by atoms with Gasteiger partial charge in [0.25, 0.3) is 0 Å². The van der Waals surface area contributed by atoms with Crippen molar-refractivity contribution in [2.75, 3.05) is 5.73 Å². The highest BCUT2D eigenvalue weighted by atomic mass is 16.6. The van der Waals surface area contributed by atoms with Crippen LogP contribution in [0.4, 0.5) is 6.01 Å². The summed E-state index contributed by atoms with van der Waals surface area (Å²) in [7, 11) is 0. The summed E-state index contributed by atoms with van der Waals surface area (Å²) in [5.74, 6) is 0.745. The number of H-pyrrole nitrogens is 1. The zero-order chi connectivity index (χ0) is 14.4. The number of aromatic amines is 1. The number of benzene rings is 1. The first-order valence-electron chi connectivity index (χ1n) is 6.99. The minimum Gasteiger partial charge on any atom is -0.391 e. The smallest absolute Gasteiger partial charge is 0.391 e. The topological polar surface area (TPSA) is 74.9 Å². The highest BCUT2D eigenvalue weighted by molar-refractivity contribution is 5.70. The molecule has 0 amide bonds. The molecule has 0 fully saturated rings. The number of hydrogen-bond donors (Lipinski definition) is 1. The second kappa shape index (κ2) is 6.93. The molecule has 5 heteroatoms. The van der Waals surface area contributed by atoms with Crippen LogP contribution < -0.4 is 10.7 Å². The number of rotatable bonds is 7. The summed E-state index contributed by atoms with van der Waals surface area (Å²) in [6.45, 7) is 4.89. The van der Waals surface area contributed by atoms with Crippen LogP contribution in [0.3, 0.4) is 0 Å². The molecule has 0 spiro atoms. The number of nitrogen functional groups attached to an aromatic ring is 1. The van der Waals surface area contributed by atoms with E-state index in [1.165, 1.54) is 6.42 Å². The highest BCUT2D eigenvalue weighted by Gasteiger charge is 2.07. The summed E-state index contributed by atoms with van der Waals surface area (Å²) in [5, 5.41) is 3.97. The van der Waals surface area contributed by atoms with E-state index in [0.29, 0.717) is 12.6 Å². The number of fused-ring (bicyclic) bond motifs is 1. The maximum atomic E-state index is 5.55. The Morgan fingerprint density at radius 1 is 1.45 bits per heavy atom. The third-order valence-corrected chi connectivity index (χ3v) is 3.02. The van der Waals surface area contributed by atoms with Crippen molar-refractivity contribution < 1.29 is 14.2 Å². The Morgan fingerprint density at radius 3 is 3.10 bits per heavy atom. The fourth-order valence-electron chi connectivity index (χ4n) is 1.96. The lowest BCUT2D eigenvalue weighted by Gasteiger charge is -2.01. The second-order valence-corrected chi connectivity index (χ2v) is 5.31. The number of nitrogens with zero attached hydrogens (tertiary/aromatic N) is 1. The number of hydrogen-bond acceptors (Lipinski definition) is 4. The maximum Gasteiger partial charge on any atom is 0.450 e. The van der Waals surface area contributed by atoms with Gasteiger partial charge in [0, 0.05) is 6.21 Å². The Labute approximate surface area is 118 Å². The monoisotopic (exact) mass is 276 g/mol. The number of anilines is 1. The van der Waals surface area contributed by atoms with E-state index in [9.17, 15) is 0 Å². The standard InChI is InChI=1S/C15H21N3O2/c1-11(2)5-3-4-8-17-19-10-12-6-7-14-13(9-12)18-15(16)20-14/h6-9,11H,3-5,10H2,1-2H3,(H2,16,18)/p+1. The number of aromatic nitrogens is 1. The number of nitrogens with one attached hydrogen (secondary N) is 1. The Hall–Kier alpha value is -2.04. The Kier molecular flexibility index (Phi) is 4.98. The van der Waals surface area contributed by atoms with E-state index < -0.39 is 0 Å².